The van der Waals surface area contributed by atoms with Crippen molar-refractivity contribution in [3.8, 4) is 9.14 Å². The Kier molecular flexibility index (Phi) is 2.35. The van der Waals surface area contributed by atoms with E-state index in [9.17, 15) is 0 Å². The van der Waals surface area contributed by atoms with Gasteiger partial charge in [-0.05, 0) is 0 Å². The zero-order valence-corrected chi connectivity index (χ0v) is 9.28. The molecule has 0 nitrogen and oxygen atoms in total. The van der Waals surface area contributed by atoms with Crippen LogP contribution in [0.4, 0.5) is 0 Å². The molecule has 1 heterocycles. The molecule has 0 unspecified atom stereocenters. The van der Waals surface area contributed by atoms with Crippen LogP contribution in [0.2, 0.25) is 0 Å². The molecule has 0 saturated heterocycles. The van der Waals surface area contributed by atoms with Crippen molar-refractivity contribution >= 4 is 20.4 Å². The molecule has 0 atom stereocenters. The molecule has 1 aromatic heterocycles. The number of hydrogen-bond acceptors (Lipinski definition) is 0. The minimum atomic E-state index is 0.00138. The maximum atomic E-state index is 2.32. The van der Waals surface area contributed by atoms with E-state index in [-0.39, 0.29) is 20.4 Å². The van der Waals surface area contributed by atoms with E-state index >= 15 is 0 Å². The maximum absolute atomic E-state index is 2.32. The summed E-state index contributed by atoms with van der Waals surface area (Å²) in [5.74, 6) is 0. The van der Waals surface area contributed by atoms with Gasteiger partial charge in [-0.15, -0.1) is 0 Å². The quantitative estimate of drug-likeness (QED) is 0.699. The Hall–Kier alpha value is -0.510. The van der Waals surface area contributed by atoms with E-state index in [1.807, 2.05) is 0 Å². The fourth-order valence-electron chi connectivity index (χ4n) is 1.16. The zero-order chi connectivity index (χ0) is 8.39. The number of aryl methyl sites for hydroxylation is 1. The van der Waals surface area contributed by atoms with Gasteiger partial charge in [-0.2, -0.15) is 0 Å². The van der Waals surface area contributed by atoms with Crippen molar-refractivity contribution in [3.63, 3.8) is 0 Å². The molecule has 0 amide bonds. The standard InChI is InChI=1S/C11H10Te/c1-9-4-6-10(7-5-9)11-3-2-8-12-11/h2-8H,1H3. The summed E-state index contributed by atoms with van der Waals surface area (Å²) in [6.45, 7) is 2.13. The molecule has 1 aromatic carbocycles. The van der Waals surface area contributed by atoms with Crippen LogP contribution >= 0.6 is 0 Å². The van der Waals surface area contributed by atoms with Crippen molar-refractivity contribution in [2.24, 2.45) is 0 Å². The molecule has 60 valence electrons. The van der Waals surface area contributed by atoms with E-state index in [1.165, 1.54) is 11.1 Å². The molecule has 0 aliphatic rings. The van der Waals surface area contributed by atoms with Crippen LogP contribution in [0.3, 0.4) is 0 Å². The van der Waals surface area contributed by atoms with Gasteiger partial charge in [-0.1, -0.05) is 0 Å². The minimum absolute atomic E-state index is 0.00138. The Bertz CT molecular complexity index is 343. The van der Waals surface area contributed by atoms with E-state index in [1.54, 1.807) is 3.58 Å². The molecule has 0 bridgehead atoms. The van der Waals surface area contributed by atoms with Crippen molar-refractivity contribution in [1.82, 2.24) is 0 Å². The van der Waals surface area contributed by atoms with Gasteiger partial charge in [0, 0.05) is 0 Å². The molecule has 0 aliphatic carbocycles. The first-order valence-electron chi connectivity index (χ1n) is 3.97. The van der Waals surface area contributed by atoms with Crippen LogP contribution in [0.5, 0.6) is 0 Å². The third kappa shape index (κ3) is 1.63. The molecular weight excluding hydrogens is 260 g/mol. The second-order valence-electron chi connectivity index (χ2n) is 2.84. The first-order chi connectivity index (χ1) is 5.86. The average Bonchev–Trinajstić information content (AvgIpc) is 2.58. The Balaban J connectivity index is 2.43. The van der Waals surface area contributed by atoms with Crippen LogP contribution in [0, 0.1) is 6.92 Å². The molecule has 0 aliphatic heterocycles. The number of hydrogen-bond donors (Lipinski definition) is 0. The normalized spacial score (nSPS) is 10.1. The third-order valence-electron chi connectivity index (χ3n) is 1.86. The summed E-state index contributed by atoms with van der Waals surface area (Å²) >= 11 is 0.00138. The van der Waals surface area contributed by atoms with Crippen LogP contribution in [-0.2, 0) is 0 Å². The Morgan fingerprint density at radius 3 is 2.33 bits per heavy atom. The van der Waals surface area contributed by atoms with Crippen LogP contribution in [0.25, 0.3) is 9.14 Å². The fourth-order valence-corrected chi connectivity index (χ4v) is 3.25. The first kappa shape index (κ1) is 8.10. The molecule has 0 saturated carbocycles. The van der Waals surface area contributed by atoms with Gasteiger partial charge in [0.15, 0.2) is 0 Å². The van der Waals surface area contributed by atoms with Crippen molar-refractivity contribution in [2.45, 2.75) is 6.92 Å². The molecule has 0 fully saturated rings. The molecule has 1 heteroatoms. The van der Waals surface area contributed by atoms with Gasteiger partial charge in [-0.25, -0.2) is 0 Å². The van der Waals surface area contributed by atoms with Crippen LogP contribution in [-0.4, -0.2) is 20.4 Å². The summed E-state index contributed by atoms with van der Waals surface area (Å²) < 4.78 is 3.88. The molecule has 0 radical (unpaired) electrons. The van der Waals surface area contributed by atoms with Gasteiger partial charge in [0.05, 0.1) is 0 Å². The van der Waals surface area contributed by atoms with Crippen LogP contribution < -0.4 is 0 Å². The van der Waals surface area contributed by atoms with Gasteiger partial charge in [0.1, 0.15) is 0 Å². The topological polar surface area (TPSA) is 0 Å². The monoisotopic (exact) mass is 272 g/mol. The van der Waals surface area contributed by atoms with Gasteiger partial charge >= 0.3 is 82.5 Å². The van der Waals surface area contributed by atoms with Crippen LogP contribution in [0.1, 0.15) is 5.56 Å². The second-order valence-corrected chi connectivity index (χ2v) is 5.55. The number of rotatable bonds is 1. The summed E-state index contributed by atoms with van der Waals surface area (Å²) in [4.78, 5) is 0. The van der Waals surface area contributed by atoms with Crippen LogP contribution in [0.15, 0.2) is 40.5 Å². The predicted octanol–water partition coefficient (Wildman–Crippen LogP) is 2.72. The van der Waals surface area contributed by atoms with Gasteiger partial charge < -0.3 is 0 Å². The Morgan fingerprint density at radius 2 is 1.75 bits per heavy atom. The molecule has 2 rings (SSSR count). The predicted molar refractivity (Wildman–Crippen MR) is 53.6 cm³/mol. The van der Waals surface area contributed by atoms with Crippen molar-refractivity contribution in [3.05, 3.63) is 46.0 Å². The average molecular weight is 270 g/mol. The molecule has 2 aromatic rings. The zero-order valence-electron chi connectivity index (χ0n) is 6.95. The molecule has 0 N–H and O–H groups in total. The number of benzene rings is 1. The second kappa shape index (κ2) is 3.47. The first-order valence-corrected chi connectivity index (χ1v) is 6.48. The summed E-state index contributed by atoms with van der Waals surface area (Å²) in [5, 5.41) is 0. The van der Waals surface area contributed by atoms with Crippen molar-refractivity contribution < 1.29 is 0 Å². The van der Waals surface area contributed by atoms with E-state index in [0.717, 1.165) is 0 Å². The Morgan fingerprint density at radius 1 is 1.00 bits per heavy atom. The Labute approximate surface area is 82.5 Å². The molecular formula is C11H10Te. The summed E-state index contributed by atoms with van der Waals surface area (Å²) in [5.41, 5.74) is 2.75. The SMILES string of the molecule is Cc1ccc(-c2ccc[te]2)cc1. The van der Waals surface area contributed by atoms with Gasteiger partial charge in [-0.3, -0.25) is 0 Å². The van der Waals surface area contributed by atoms with Gasteiger partial charge in [0.2, 0.25) is 0 Å². The summed E-state index contributed by atoms with van der Waals surface area (Å²) in [6, 6.07) is 13.2. The van der Waals surface area contributed by atoms with Crippen molar-refractivity contribution in [2.75, 3.05) is 0 Å². The molecule has 0 spiro atoms. The van der Waals surface area contributed by atoms with E-state index < -0.39 is 0 Å². The summed E-state index contributed by atoms with van der Waals surface area (Å²) in [6.07, 6.45) is 0. The van der Waals surface area contributed by atoms with Crippen molar-refractivity contribution in [1.29, 1.82) is 0 Å². The van der Waals surface area contributed by atoms with E-state index in [0.29, 0.717) is 0 Å². The molecule has 12 heavy (non-hydrogen) atoms. The third-order valence-corrected chi connectivity index (χ3v) is 4.48. The summed E-state index contributed by atoms with van der Waals surface area (Å²) in [7, 11) is 0. The van der Waals surface area contributed by atoms with E-state index in [2.05, 4.69) is 47.4 Å². The van der Waals surface area contributed by atoms with Gasteiger partial charge in [0.25, 0.3) is 0 Å². The fraction of sp³-hybridized carbons (Fsp3) is 0.0909. The van der Waals surface area contributed by atoms with E-state index in [4.69, 9.17) is 0 Å².